The molecule has 1 aromatic heterocycles. The van der Waals surface area contributed by atoms with Crippen molar-refractivity contribution in [1.82, 2.24) is 4.98 Å². The monoisotopic (exact) mass is 301 g/mol. The van der Waals surface area contributed by atoms with Gasteiger partial charge in [0.2, 0.25) is 0 Å². The van der Waals surface area contributed by atoms with Crippen molar-refractivity contribution in [2.24, 2.45) is 0 Å². The minimum Gasteiger partial charge on any atom is -0.265 e. The fraction of sp³-hybridized carbons (Fsp3) is 0.150. The molecule has 0 fully saturated rings. The lowest BCUT2D eigenvalue weighted by Crippen LogP contribution is -2.65. The van der Waals surface area contributed by atoms with E-state index in [9.17, 15) is 0 Å². The molecule has 4 rings (SSSR count). The molecule has 0 amide bonds. The van der Waals surface area contributed by atoms with Crippen LogP contribution >= 0.6 is 0 Å². The first-order valence-electron chi connectivity index (χ1n) is 7.87. The van der Waals surface area contributed by atoms with Gasteiger partial charge in [-0.3, -0.25) is 4.98 Å². The third-order valence-electron chi connectivity index (χ3n) is 5.02. The highest BCUT2D eigenvalue weighted by molar-refractivity contribution is 7.12. The summed E-state index contributed by atoms with van der Waals surface area (Å²) in [6.07, 6.45) is 5.33. The van der Waals surface area contributed by atoms with Crippen LogP contribution in [0.4, 0.5) is 0 Å². The Morgan fingerprint density at radius 3 is 2.00 bits per heavy atom. The fourth-order valence-corrected chi connectivity index (χ4v) is 9.03. The third-order valence-corrected chi connectivity index (χ3v) is 10.0. The molecule has 0 radical (unpaired) electrons. The Morgan fingerprint density at radius 1 is 0.818 bits per heavy atom. The van der Waals surface area contributed by atoms with Crippen molar-refractivity contribution in [1.29, 1.82) is 0 Å². The van der Waals surface area contributed by atoms with Gasteiger partial charge in [-0.2, -0.15) is 0 Å². The molecule has 0 spiro atoms. The Morgan fingerprint density at radius 2 is 1.41 bits per heavy atom. The molecular formula is C20H19NSi. The Bertz CT molecular complexity index is 757. The highest BCUT2D eigenvalue weighted by atomic mass is 28.3. The van der Waals surface area contributed by atoms with E-state index in [1.807, 2.05) is 6.20 Å². The van der Waals surface area contributed by atoms with Crippen LogP contribution in [0, 0.1) is 6.92 Å². The Hall–Kier alpha value is -2.19. The van der Waals surface area contributed by atoms with E-state index >= 15 is 0 Å². The van der Waals surface area contributed by atoms with Gasteiger partial charge in [0, 0.05) is 12.4 Å². The minimum absolute atomic E-state index is 1.18. The standard InChI is InChI=1S/C20H19NSi/c1-16-14-21-15-20-19(16)12-13-22(20,17-8-4-2-5-9-17)18-10-6-3-7-11-18/h2-11,14-15H,12-13H2,1H3. The van der Waals surface area contributed by atoms with E-state index < -0.39 is 8.07 Å². The first kappa shape index (κ1) is 13.5. The van der Waals surface area contributed by atoms with Crippen LogP contribution in [-0.2, 0) is 6.42 Å². The summed E-state index contributed by atoms with van der Waals surface area (Å²) >= 11 is 0. The van der Waals surface area contributed by atoms with E-state index in [-0.39, 0.29) is 0 Å². The van der Waals surface area contributed by atoms with Crippen molar-refractivity contribution in [2.75, 3.05) is 0 Å². The molecule has 1 nitrogen and oxygen atoms in total. The summed E-state index contributed by atoms with van der Waals surface area (Å²) in [6, 6.07) is 23.4. The topological polar surface area (TPSA) is 12.9 Å². The summed E-state index contributed by atoms with van der Waals surface area (Å²) in [5.74, 6) is 0. The van der Waals surface area contributed by atoms with E-state index in [1.54, 1.807) is 0 Å². The Kier molecular flexibility index (Phi) is 3.19. The van der Waals surface area contributed by atoms with E-state index in [4.69, 9.17) is 0 Å². The molecule has 108 valence electrons. The van der Waals surface area contributed by atoms with Crippen LogP contribution in [0.25, 0.3) is 0 Å². The zero-order chi connectivity index (χ0) is 15.0. The molecule has 1 aliphatic rings. The number of rotatable bonds is 2. The van der Waals surface area contributed by atoms with E-state index in [0.29, 0.717) is 0 Å². The summed E-state index contributed by atoms with van der Waals surface area (Å²) in [4.78, 5) is 4.54. The summed E-state index contributed by atoms with van der Waals surface area (Å²) < 4.78 is 0. The lowest BCUT2D eigenvalue weighted by atomic mass is 10.1. The van der Waals surface area contributed by atoms with Crippen molar-refractivity contribution in [3.8, 4) is 0 Å². The maximum atomic E-state index is 4.54. The second kappa shape index (κ2) is 5.22. The molecule has 2 heterocycles. The van der Waals surface area contributed by atoms with Crippen LogP contribution in [-0.4, -0.2) is 13.1 Å². The number of hydrogen-bond acceptors (Lipinski definition) is 1. The number of benzene rings is 2. The first-order chi connectivity index (χ1) is 10.8. The van der Waals surface area contributed by atoms with Gasteiger partial charge in [-0.05, 0) is 46.1 Å². The molecule has 2 heteroatoms. The van der Waals surface area contributed by atoms with Gasteiger partial charge >= 0.3 is 0 Å². The van der Waals surface area contributed by atoms with Crippen LogP contribution in [0.2, 0.25) is 6.04 Å². The fourth-order valence-electron chi connectivity index (χ4n) is 3.95. The van der Waals surface area contributed by atoms with Crippen molar-refractivity contribution in [2.45, 2.75) is 19.4 Å². The third kappa shape index (κ3) is 1.87. The van der Waals surface area contributed by atoms with Gasteiger partial charge in [0.25, 0.3) is 0 Å². The van der Waals surface area contributed by atoms with Crippen LogP contribution in [0.1, 0.15) is 11.1 Å². The molecule has 0 N–H and O–H groups in total. The Balaban J connectivity index is 2.04. The predicted octanol–water partition coefficient (Wildman–Crippen LogP) is 2.42. The van der Waals surface area contributed by atoms with E-state index in [0.717, 1.165) is 0 Å². The molecular weight excluding hydrogens is 282 g/mol. The van der Waals surface area contributed by atoms with E-state index in [1.165, 1.54) is 39.2 Å². The summed E-state index contributed by atoms with van der Waals surface area (Å²) in [5, 5.41) is 4.53. The van der Waals surface area contributed by atoms with Crippen molar-refractivity contribution < 1.29 is 0 Å². The zero-order valence-electron chi connectivity index (χ0n) is 12.8. The van der Waals surface area contributed by atoms with Crippen LogP contribution in [0.15, 0.2) is 73.1 Å². The van der Waals surface area contributed by atoms with Gasteiger partial charge in [0.05, 0.1) is 0 Å². The molecule has 3 aromatic rings. The van der Waals surface area contributed by atoms with Gasteiger partial charge in [-0.25, -0.2) is 0 Å². The lowest BCUT2D eigenvalue weighted by molar-refractivity contribution is 1.12. The summed E-state index contributed by atoms with van der Waals surface area (Å²) in [7, 11) is -1.90. The van der Waals surface area contributed by atoms with Gasteiger partial charge in [-0.1, -0.05) is 60.7 Å². The van der Waals surface area contributed by atoms with Gasteiger partial charge in [0.1, 0.15) is 0 Å². The molecule has 0 unspecified atom stereocenters. The molecule has 2 aromatic carbocycles. The first-order valence-corrected chi connectivity index (χ1v) is 10.1. The number of nitrogens with zero attached hydrogens (tertiary/aromatic N) is 1. The average Bonchev–Trinajstić information content (AvgIpc) is 2.98. The van der Waals surface area contributed by atoms with Crippen LogP contribution < -0.4 is 15.6 Å². The second-order valence-corrected chi connectivity index (χ2v) is 10.1. The molecule has 1 aliphatic heterocycles. The minimum atomic E-state index is -1.90. The van der Waals surface area contributed by atoms with E-state index in [2.05, 4.69) is 78.8 Å². The highest BCUT2D eigenvalue weighted by Gasteiger charge is 2.44. The molecule has 0 saturated carbocycles. The predicted molar refractivity (Wildman–Crippen MR) is 95.0 cm³/mol. The SMILES string of the molecule is Cc1cncc2c1CC[Si]2(c1ccccc1)c1ccccc1. The molecule has 22 heavy (non-hydrogen) atoms. The molecule has 0 bridgehead atoms. The van der Waals surface area contributed by atoms with Crippen molar-refractivity contribution in [3.05, 3.63) is 84.2 Å². The van der Waals surface area contributed by atoms with Crippen LogP contribution in [0.5, 0.6) is 0 Å². The number of aryl methyl sites for hydroxylation is 1. The Labute approximate surface area is 132 Å². The number of fused-ring (bicyclic) bond motifs is 1. The summed E-state index contributed by atoms with van der Waals surface area (Å²) in [5.41, 5.74) is 2.88. The summed E-state index contributed by atoms with van der Waals surface area (Å²) in [6.45, 7) is 2.20. The largest absolute Gasteiger partial charge is 0.265 e. The van der Waals surface area contributed by atoms with Gasteiger partial charge in [-0.15, -0.1) is 0 Å². The maximum Gasteiger partial charge on any atom is 0.151 e. The quantitative estimate of drug-likeness (QED) is 0.663. The van der Waals surface area contributed by atoms with Gasteiger partial charge in [0.15, 0.2) is 8.07 Å². The smallest absolute Gasteiger partial charge is 0.151 e. The van der Waals surface area contributed by atoms with Gasteiger partial charge < -0.3 is 0 Å². The maximum absolute atomic E-state index is 4.54. The average molecular weight is 301 g/mol. The molecule has 0 atom stereocenters. The molecule has 0 aliphatic carbocycles. The second-order valence-electron chi connectivity index (χ2n) is 6.12. The molecule has 0 saturated heterocycles. The van der Waals surface area contributed by atoms with Crippen molar-refractivity contribution in [3.63, 3.8) is 0 Å². The number of aromatic nitrogens is 1. The van der Waals surface area contributed by atoms with Crippen molar-refractivity contribution >= 4 is 23.6 Å². The highest BCUT2D eigenvalue weighted by Crippen LogP contribution is 2.25. The number of hydrogen-bond donors (Lipinski definition) is 0. The number of pyridine rings is 1. The zero-order valence-corrected chi connectivity index (χ0v) is 13.8. The normalized spacial score (nSPS) is 15.5. The lowest BCUT2D eigenvalue weighted by Gasteiger charge is -2.29. The van der Waals surface area contributed by atoms with Crippen LogP contribution in [0.3, 0.4) is 0 Å².